The minimum absolute atomic E-state index is 0.173. The van der Waals surface area contributed by atoms with Gasteiger partial charge < -0.3 is 35.5 Å². The summed E-state index contributed by atoms with van der Waals surface area (Å²) in [6.07, 6.45) is 0.470. The van der Waals surface area contributed by atoms with Gasteiger partial charge in [0.05, 0.1) is 13.0 Å². The number of benzene rings is 2. The number of nitrogens with one attached hydrogen (secondary N) is 4. The monoisotopic (exact) mass is 668 g/mol. The van der Waals surface area contributed by atoms with Crippen molar-refractivity contribution in [2.75, 3.05) is 13.2 Å². The number of hydrogen-bond donors (Lipinski definition) is 4. The topological polar surface area (TPSA) is 161 Å². The summed E-state index contributed by atoms with van der Waals surface area (Å²) in [5.41, 5.74) is 1.40. The highest BCUT2D eigenvalue weighted by molar-refractivity contribution is 5.94. The molecule has 4 amide bonds. The molecule has 2 aromatic carbocycles. The third-order valence-electron chi connectivity index (χ3n) is 6.71. The molecule has 0 spiro atoms. The molecule has 0 unspecified atom stereocenters. The van der Waals surface area contributed by atoms with Crippen molar-refractivity contribution in [1.29, 1.82) is 0 Å². The van der Waals surface area contributed by atoms with Crippen LogP contribution in [-0.2, 0) is 41.6 Å². The molecule has 12 nitrogen and oxygen atoms in total. The van der Waals surface area contributed by atoms with E-state index in [-0.39, 0.29) is 13.0 Å². The molecule has 0 fully saturated rings. The maximum Gasteiger partial charge on any atom is 0.407 e. The van der Waals surface area contributed by atoms with Gasteiger partial charge in [-0.15, -0.1) is 0 Å². The van der Waals surface area contributed by atoms with Crippen LogP contribution in [0.25, 0.3) is 0 Å². The van der Waals surface area contributed by atoms with Crippen molar-refractivity contribution in [3.05, 3.63) is 65.2 Å². The Kier molecular flexibility index (Phi) is 15.4. The molecule has 2 atom stereocenters. The molecule has 48 heavy (non-hydrogen) atoms. The highest BCUT2D eigenvalue weighted by Gasteiger charge is 2.30. The fraction of sp³-hybridized carbons (Fsp3) is 0.528. The lowest BCUT2D eigenvalue weighted by Gasteiger charge is -2.24. The Morgan fingerprint density at radius 2 is 1.46 bits per heavy atom. The fourth-order valence-electron chi connectivity index (χ4n) is 4.50. The predicted molar refractivity (Wildman–Crippen MR) is 182 cm³/mol. The maximum absolute atomic E-state index is 13.5. The minimum Gasteiger partial charge on any atom is -0.494 e. The summed E-state index contributed by atoms with van der Waals surface area (Å²) >= 11 is 0. The summed E-state index contributed by atoms with van der Waals surface area (Å²) in [4.78, 5) is 63.1. The maximum atomic E-state index is 13.5. The van der Waals surface area contributed by atoms with Gasteiger partial charge in [0.2, 0.25) is 17.7 Å². The van der Waals surface area contributed by atoms with Crippen LogP contribution in [0.3, 0.4) is 0 Å². The Labute approximate surface area is 284 Å². The van der Waals surface area contributed by atoms with E-state index in [1.54, 1.807) is 41.5 Å². The number of amides is 4. The lowest BCUT2D eigenvalue weighted by atomic mass is 10.0. The number of alkyl carbamates (subject to hydrolysis) is 1. The molecule has 2 aromatic rings. The number of aryl methyl sites for hydroxylation is 2. The molecule has 0 saturated carbocycles. The molecule has 0 aliphatic rings. The van der Waals surface area contributed by atoms with Crippen molar-refractivity contribution in [3.63, 3.8) is 0 Å². The molecule has 0 aliphatic heterocycles. The Morgan fingerprint density at radius 1 is 0.792 bits per heavy atom. The van der Waals surface area contributed by atoms with Crippen LogP contribution in [0, 0.1) is 6.92 Å². The smallest absolute Gasteiger partial charge is 0.407 e. The molecule has 2 rings (SSSR count). The second-order valence-electron chi connectivity index (χ2n) is 13.6. The highest BCUT2D eigenvalue weighted by Crippen LogP contribution is 2.18. The van der Waals surface area contributed by atoms with Crippen LogP contribution in [0.1, 0.15) is 84.4 Å². The number of carbonyl (C=O) groups excluding carboxylic acids is 5. The Bertz CT molecular complexity index is 1380. The van der Waals surface area contributed by atoms with Crippen LogP contribution >= 0.6 is 0 Å². The molecule has 0 bridgehead atoms. The first-order valence-corrected chi connectivity index (χ1v) is 16.2. The van der Waals surface area contributed by atoms with E-state index in [1.165, 1.54) is 6.92 Å². The van der Waals surface area contributed by atoms with Crippen LogP contribution in [0.15, 0.2) is 48.5 Å². The summed E-state index contributed by atoms with van der Waals surface area (Å²) < 4.78 is 16.4. The highest BCUT2D eigenvalue weighted by atomic mass is 16.6. The van der Waals surface area contributed by atoms with E-state index in [1.807, 2.05) is 55.5 Å². The van der Waals surface area contributed by atoms with Crippen molar-refractivity contribution in [2.24, 2.45) is 0 Å². The van der Waals surface area contributed by atoms with Crippen LogP contribution in [0.2, 0.25) is 0 Å². The Balaban J connectivity index is 2.07. The summed E-state index contributed by atoms with van der Waals surface area (Å²) in [5, 5.41) is 10.9. The first kappa shape index (κ1) is 39.6. The molecule has 0 aliphatic carbocycles. The standard InChI is InChI=1S/C36H52N4O8/c1-24-15-17-28(46-20-12-19-37-34(45)48-36(6,7)8)21-27(24)23-38-32(43)29(18-16-26-13-10-9-11-14-26)40-33(44)30(39-25(2)41)22-31(42)47-35(3,4)5/h9-11,13-15,17,21,29-30H,12,16,18-20,22-23H2,1-8H3,(H,37,45)(H,38,43)(H,39,41)(H,40,44)/t29-,30-/m0/s1. The zero-order valence-corrected chi connectivity index (χ0v) is 29.5. The van der Waals surface area contributed by atoms with Crippen LogP contribution in [-0.4, -0.2) is 66.2 Å². The predicted octanol–water partition coefficient (Wildman–Crippen LogP) is 4.26. The molecule has 4 N–H and O–H groups in total. The van der Waals surface area contributed by atoms with Gasteiger partial charge in [0.1, 0.15) is 29.0 Å². The van der Waals surface area contributed by atoms with Crippen molar-refractivity contribution >= 4 is 29.8 Å². The van der Waals surface area contributed by atoms with E-state index in [0.29, 0.717) is 31.7 Å². The first-order valence-electron chi connectivity index (χ1n) is 16.2. The molecular weight excluding hydrogens is 616 g/mol. The van der Waals surface area contributed by atoms with Crippen molar-refractivity contribution < 1.29 is 38.2 Å². The average molecular weight is 669 g/mol. The normalized spacial score (nSPS) is 12.6. The number of hydrogen-bond acceptors (Lipinski definition) is 8. The van der Waals surface area contributed by atoms with Gasteiger partial charge in [-0.3, -0.25) is 19.2 Å². The third kappa shape index (κ3) is 16.3. The van der Waals surface area contributed by atoms with Gasteiger partial charge in [0.15, 0.2) is 0 Å². The summed E-state index contributed by atoms with van der Waals surface area (Å²) in [5.74, 6) is -1.63. The van der Waals surface area contributed by atoms with E-state index >= 15 is 0 Å². The third-order valence-corrected chi connectivity index (χ3v) is 6.71. The minimum atomic E-state index is -1.22. The molecule has 0 heterocycles. The molecule has 0 saturated heterocycles. The van der Waals surface area contributed by atoms with Gasteiger partial charge in [0.25, 0.3) is 0 Å². The van der Waals surface area contributed by atoms with E-state index in [0.717, 1.165) is 16.7 Å². The lowest BCUT2D eigenvalue weighted by Crippen LogP contribution is -2.54. The molecule has 12 heteroatoms. The molecule has 0 aromatic heterocycles. The van der Waals surface area contributed by atoms with Crippen LogP contribution in [0.5, 0.6) is 5.75 Å². The van der Waals surface area contributed by atoms with Crippen molar-refractivity contribution in [1.82, 2.24) is 21.3 Å². The number of carbonyl (C=O) groups is 5. The van der Waals surface area contributed by atoms with E-state index in [2.05, 4.69) is 21.3 Å². The quantitative estimate of drug-likeness (QED) is 0.153. The van der Waals surface area contributed by atoms with Crippen molar-refractivity contribution in [2.45, 2.75) is 111 Å². The largest absolute Gasteiger partial charge is 0.494 e. The van der Waals surface area contributed by atoms with Crippen LogP contribution < -0.4 is 26.0 Å². The summed E-state index contributed by atoms with van der Waals surface area (Å²) in [6.45, 7) is 14.6. The van der Waals surface area contributed by atoms with Gasteiger partial charge >= 0.3 is 12.1 Å². The van der Waals surface area contributed by atoms with E-state index < -0.39 is 59.5 Å². The Morgan fingerprint density at radius 3 is 2.08 bits per heavy atom. The lowest BCUT2D eigenvalue weighted by molar-refractivity contribution is -0.156. The first-order chi connectivity index (χ1) is 22.4. The average Bonchev–Trinajstić information content (AvgIpc) is 2.97. The van der Waals surface area contributed by atoms with Gasteiger partial charge in [-0.25, -0.2) is 4.79 Å². The Hall–Kier alpha value is -4.61. The van der Waals surface area contributed by atoms with Gasteiger partial charge in [-0.2, -0.15) is 0 Å². The molecular formula is C36H52N4O8. The second-order valence-corrected chi connectivity index (χ2v) is 13.6. The fourth-order valence-corrected chi connectivity index (χ4v) is 4.50. The van der Waals surface area contributed by atoms with Gasteiger partial charge in [-0.1, -0.05) is 36.4 Å². The van der Waals surface area contributed by atoms with Gasteiger partial charge in [-0.05, 0) is 96.6 Å². The number of esters is 1. The van der Waals surface area contributed by atoms with E-state index in [4.69, 9.17) is 14.2 Å². The van der Waals surface area contributed by atoms with Gasteiger partial charge in [0, 0.05) is 20.0 Å². The number of ether oxygens (including phenoxy) is 3. The molecule has 0 radical (unpaired) electrons. The van der Waals surface area contributed by atoms with Crippen molar-refractivity contribution in [3.8, 4) is 5.75 Å². The van der Waals surface area contributed by atoms with Crippen LogP contribution in [0.4, 0.5) is 4.79 Å². The van der Waals surface area contributed by atoms with E-state index in [9.17, 15) is 24.0 Å². The second kappa shape index (κ2) is 18.7. The number of rotatable bonds is 16. The SMILES string of the molecule is CC(=O)N[C@@H](CC(=O)OC(C)(C)C)C(=O)N[C@@H](CCc1ccccc1)C(=O)NCc1cc(OCCCNC(=O)OC(C)(C)C)ccc1C. The zero-order chi connectivity index (χ0) is 35.9. The zero-order valence-electron chi connectivity index (χ0n) is 29.5. The molecule has 264 valence electrons. The summed E-state index contributed by atoms with van der Waals surface area (Å²) in [6, 6.07) is 12.9. The summed E-state index contributed by atoms with van der Waals surface area (Å²) in [7, 11) is 0.